The minimum atomic E-state index is -0.835. The molecular weight excluding hydrogens is 251 g/mol. The van der Waals surface area contributed by atoms with E-state index < -0.39 is 28.0 Å². The van der Waals surface area contributed by atoms with Gasteiger partial charge in [0.05, 0.1) is 4.92 Å². The van der Waals surface area contributed by atoms with Crippen molar-refractivity contribution in [3.8, 4) is 0 Å². The van der Waals surface area contributed by atoms with Crippen LogP contribution in [0.15, 0.2) is 18.2 Å². The molecule has 1 amide bonds. The highest BCUT2D eigenvalue weighted by molar-refractivity contribution is 6.18. The van der Waals surface area contributed by atoms with Gasteiger partial charge >= 0.3 is 0 Å². The van der Waals surface area contributed by atoms with Crippen LogP contribution < -0.4 is 5.32 Å². The number of nitrogens with zero attached hydrogens (tertiary/aromatic N) is 1. The lowest BCUT2D eigenvalue weighted by atomic mass is 10.2. The molecule has 17 heavy (non-hydrogen) atoms. The van der Waals surface area contributed by atoms with Gasteiger partial charge in [0, 0.05) is 18.4 Å². The average Bonchev–Trinajstić information content (AvgIpc) is 2.28. The van der Waals surface area contributed by atoms with Gasteiger partial charge in [-0.05, 0) is 12.5 Å². The number of anilines is 1. The third kappa shape index (κ3) is 3.67. The van der Waals surface area contributed by atoms with E-state index in [0.717, 1.165) is 12.1 Å². The van der Waals surface area contributed by atoms with Gasteiger partial charge in [-0.15, -0.1) is 11.6 Å². The summed E-state index contributed by atoms with van der Waals surface area (Å²) < 4.78 is 13.3. The molecule has 0 saturated carbocycles. The lowest BCUT2D eigenvalue weighted by molar-refractivity contribution is -0.384. The molecule has 0 aromatic heterocycles. The Kier molecular flexibility index (Phi) is 4.84. The Morgan fingerprint density at radius 2 is 2.24 bits per heavy atom. The average molecular weight is 261 g/mol. The van der Waals surface area contributed by atoms with Crippen LogP contribution >= 0.6 is 11.6 Å². The SMILES string of the molecule is O=C(CCCCl)Nc1c(F)cccc1[N+](=O)[O-]. The molecule has 0 heterocycles. The number of amides is 1. The summed E-state index contributed by atoms with van der Waals surface area (Å²) in [5.74, 6) is -1.04. The predicted molar refractivity (Wildman–Crippen MR) is 61.6 cm³/mol. The van der Waals surface area contributed by atoms with Gasteiger partial charge in [0.25, 0.3) is 5.69 Å². The van der Waals surface area contributed by atoms with Crippen LogP contribution in [0.5, 0.6) is 0 Å². The van der Waals surface area contributed by atoms with Gasteiger partial charge in [-0.1, -0.05) is 6.07 Å². The van der Waals surface area contributed by atoms with E-state index in [4.69, 9.17) is 11.6 Å². The lowest BCUT2D eigenvalue weighted by Gasteiger charge is -2.06. The molecular formula is C10H10ClFN2O3. The molecule has 0 saturated heterocycles. The standard InChI is InChI=1S/C10H10ClFN2O3/c11-6-2-5-9(15)13-10-7(12)3-1-4-8(10)14(16)17/h1,3-4H,2,5-6H2,(H,13,15). The quantitative estimate of drug-likeness (QED) is 0.503. The first-order valence-corrected chi connectivity index (χ1v) is 5.38. The van der Waals surface area contributed by atoms with Gasteiger partial charge in [0.15, 0.2) is 11.5 Å². The highest BCUT2D eigenvalue weighted by atomic mass is 35.5. The highest BCUT2D eigenvalue weighted by Gasteiger charge is 2.19. The van der Waals surface area contributed by atoms with Crippen LogP contribution in [-0.2, 0) is 4.79 Å². The third-order valence-electron chi connectivity index (χ3n) is 1.99. The van der Waals surface area contributed by atoms with Gasteiger partial charge in [-0.2, -0.15) is 0 Å². The van der Waals surface area contributed by atoms with Gasteiger partial charge in [0.2, 0.25) is 5.91 Å². The Morgan fingerprint density at radius 1 is 1.53 bits per heavy atom. The smallest absolute Gasteiger partial charge is 0.295 e. The Bertz CT molecular complexity index is 440. The first-order valence-electron chi connectivity index (χ1n) is 4.85. The van der Waals surface area contributed by atoms with Gasteiger partial charge in [-0.3, -0.25) is 14.9 Å². The monoisotopic (exact) mass is 260 g/mol. The van der Waals surface area contributed by atoms with E-state index in [9.17, 15) is 19.3 Å². The Hall–Kier alpha value is -1.69. The minimum absolute atomic E-state index is 0.0923. The number of alkyl halides is 1. The van der Waals surface area contributed by atoms with Gasteiger partial charge in [0.1, 0.15) is 0 Å². The van der Waals surface area contributed by atoms with E-state index in [1.54, 1.807) is 0 Å². The zero-order valence-corrected chi connectivity index (χ0v) is 9.54. The first-order chi connectivity index (χ1) is 8.06. The molecule has 0 spiro atoms. The molecule has 1 rings (SSSR count). The maximum Gasteiger partial charge on any atom is 0.295 e. The molecule has 0 atom stereocenters. The number of hydrogen-bond acceptors (Lipinski definition) is 3. The highest BCUT2D eigenvalue weighted by Crippen LogP contribution is 2.27. The number of nitro benzene ring substituents is 1. The predicted octanol–water partition coefficient (Wildman–Crippen LogP) is 2.69. The number of carbonyl (C=O) groups is 1. The topological polar surface area (TPSA) is 72.2 Å². The van der Waals surface area contributed by atoms with Crippen LogP contribution in [0.4, 0.5) is 15.8 Å². The largest absolute Gasteiger partial charge is 0.318 e. The number of nitro groups is 1. The molecule has 0 fully saturated rings. The normalized spacial score (nSPS) is 10.0. The van der Waals surface area contributed by atoms with Crippen LogP contribution in [0.2, 0.25) is 0 Å². The fraction of sp³-hybridized carbons (Fsp3) is 0.300. The number of para-hydroxylation sites is 1. The number of halogens is 2. The number of rotatable bonds is 5. The Morgan fingerprint density at radius 3 is 2.82 bits per heavy atom. The van der Waals surface area contributed by atoms with E-state index in [0.29, 0.717) is 12.3 Å². The molecule has 1 aromatic carbocycles. The summed E-state index contributed by atoms with van der Waals surface area (Å²) in [4.78, 5) is 21.2. The molecule has 0 aliphatic carbocycles. The minimum Gasteiger partial charge on any atom is -0.318 e. The molecule has 0 unspecified atom stereocenters. The van der Waals surface area contributed by atoms with Crippen LogP contribution in [0.25, 0.3) is 0 Å². The van der Waals surface area contributed by atoms with E-state index in [2.05, 4.69) is 5.32 Å². The number of benzene rings is 1. The molecule has 0 radical (unpaired) electrons. The van der Waals surface area contributed by atoms with Crippen LogP contribution in [0.3, 0.4) is 0 Å². The van der Waals surface area contributed by atoms with Crippen LogP contribution in [-0.4, -0.2) is 16.7 Å². The van der Waals surface area contributed by atoms with Gasteiger partial charge < -0.3 is 5.32 Å². The fourth-order valence-corrected chi connectivity index (χ4v) is 1.35. The van der Waals surface area contributed by atoms with Crippen molar-refractivity contribution in [2.24, 2.45) is 0 Å². The van der Waals surface area contributed by atoms with Crippen LogP contribution in [0.1, 0.15) is 12.8 Å². The van der Waals surface area contributed by atoms with Crippen molar-refractivity contribution in [3.63, 3.8) is 0 Å². The summed E-state index contributed by atoms with van der Waals surface area (Å²) >= 11 is 5.40. The maximum atomic E-state index is 13.3. The van der Waals surface area contributed by atoms with Crippen molar-refractivity contribution in [2.75, 3.05) is 11.2 Å². The number of nitrogens with one attached hydrogen (secondary N) is 1. The fourth-order valence-electron chi connectivity index (χ4n) is 1.22. The van der Waals surface area contributed by atoms with Gasteiger partial charge in [-0.25, -0.2) is 4.39 Å². The Labute approximate surface area is 102 Å². The Balaban J connectivity index is 2.89. The van der Waals surface area contributed by atoms with Crippen molar-refractivity contribution in [2.45, 2.75) is 12.8 Å². The van der Waals surface area contributed by atoms with Crippen molar-refractivity contribution in [3.05, 3.63) is 34.1 Å². The van der Waals surface area contributed by atoms with Crippen molar-refractivity contribution in [1.82, 2.24) is 0 Å². The van der Waals surface area contributed by atoms with Crippen molar-refractivity contribution < 1.29 is 14.1 Å². The molecule has 7 heteroatoms. The second-order valence-corrected chi connectivity index (χ2v) is 3.61. The number of carbonyl (C=O) groups excluding carboxylic acids is 1. The lowest BCUT2D eigenvalue weighted by Crippen LogP contribution is -2.14. The summed E-state index contributed by atoms with van der Waals surface area (Å²) in [6, 6.07) is 3.38. The molecule has 5 nitrogen and oxygen atoms in total. The zero-order chi connectivity index (χ0) is 12.8. The zero-order valence-electron chi connectivity index (χ0n) is 8.78. The molecule has 1 aromatic rings. The molecule has 0 aliphatic rings. The molecule has 0 bridgehead atoms. The van der Waals surface area contributed by atoms with E-state index in [1.165, 1.54) is 6.07 Å². The summed E-state index contributed by atoms with van der Waals surface area (Å²) in [7, 11) is 0. The molecule has 0 aliphatic heterocycles. The molecule has 92 valence electrons. The third-order valence-corrected chi connectivity index (χ3v) is 2.26. The first kappa shape index (κ1) is 13.4. The van der Waals surface area contributed by atoms with Crippen LogP contribution in [0, 0.1) is 15.9 Å². The maximum absolute atomic E-state index is 13.3. The number of hydrogen-bond donors (Lipinski definition) is 1. The summed E-state index contributed by atoms with van der Waals surface area (Å²) in [6.07, 6.45) is 0.518. The second-order valence-electron chi connectivity index (χ2n) is 3.23. The molecule has 1 N–H and O–H groups in total. The second kappa shape index (κ2) is 6.15. The van der Waals surface area contributed by atoms with Crippen molar-refractivity contribution in [1.29, 1.82) is 0 Å². The van der Waals surface area contributed by atoms with E-state index >= 15 is 0 Å². The van der Waals surface area contributed by atoms with E-state index in [-0.39, 0.29) is 6.42 Å². The summed E-state index contributed by atoms with van der Waals surface area (Å²) in [5.41, 5.74) is -0.874. The van der Waals surface area contributed by atoms with E-state index in [1.807, 2.05) is 0 Å². The van der Waals surface area contributed by atoms with Crippen molar-refractivity contribution >= 4 is 28.9 Å². The summed E-state index contributed by atoms with van der Waals surface area (Å²) in [6.45, 7) is 0. The summed E-state index contributed by atoms with van der Waals surface area (Å²) in [5, 5.41) is 12.8.